The molecule has 0 unspecified atom stereocenters. The Hall–Kier alpha value is -3.41. The van der Waals surface area contributed by atoms with Crippen LogP contribution < -0.4 is 10.2 Å². The number of carbonyl (C=O) groups is 2. The van der Waals surface area contributed by atoms with Gasteiger partial charge in [0.1, 0.15) is 0 Å². The molecule has 0 radical (unpaired) electrons. The second-order valence-electron chi connectivity index (χ2n) is 8.62. The maximum atomic E-state index is 13.7. The molecular weight excluding hydrogens is 446 g/mol. The van der Waals surface area contributed by atoms with Crippen molar-refractivity contribution in [3.63, 3.8) is 0 Å². The SMILES string of the molecule is O=C(c1c[nH]c2cc(N3CCCC3=O)ccc12)[C@@H](NCCc1ccc(Cl)cc1)c1ccccc1. The third kappa shape index (κ3) is 4.63. The highest BCUT2D eigenvalue weighted by molar-refractivity contribution is 6.30. The fourth-order valence-electron chi connectivity index (χ4n) is 4.58. The van der Waals surface area contributed by atoms with E-state index in [9.17, 15) is 9.59 Å². The van der Waals surface area contributed by atoms with Crippen LogP contribution in [0.4, 0.5) is 5.69 Å². The van der Waals surface area contributed by atoms with Crippen LogP contribution in [0.2, 0.25) is 5.02 Å². The van der Waals surface area contributed by atoms with Crippen molar-refractivity contribution >= 4 is 39.9 Å². The number of Topliss-reactive ketones (excluding diaryl/α,β-unsaturated/α-hetero) is 1. The molecule has 1 fully saturated rings. The first-order valence-corrected chi connectivity index (χ1v) is 12.0. The molecular formula is C28H26ClN3O2. The Labute approximate surface area is 203 Å². The third-order valence-electron chi connectivity index (χ3n) is 6.39. The molecule has 1 atom stereocenters. The number of nitrogens with zero attached hydrogens (tertiary/aromatic N) is 1. The number of aromatic nitrogens is 1. The zero-order valence-corrected chi connectivity index (χ0v) is 19.5. The van der Waals surface area contributed by atoms with E-state index in [0.717, 1.165) is 47.1 Å². The molecule has 34 heavy (non-hydrogen) atoms. The van der Waals surface area contributed by atoms with Crippen molar-refractivity contribution in [2.24, 2.45) is 0 Å². The highest BCUT2D eigenvalue weighted by Crippen LogP contribution is 2.29. The summed E-state index contributed by atoms with van der Waals surface area (Å²) in [6.45, 7) is 1.39. The average molecular weight is 472 g/mol. The van der Waals surface area contributed by atoms with Crippen LogP contribution in [0, 0.1) is 0 Å². The van der Waals surface area contributed by atoms with Crippen LogP contribution in [-0.4, -0.2) is 29.8 Å². The number of ketones is 1. The summed E-state index contributed by atoms with van der Waals surface area (Å²) < 4.78 is 0. The number of H-pyrrole nitrogens is 1. The number of halogens is 1. The zero-order chi connectivity index (χ0) is 23.5. The average Bonchev–Trinajstić information content (AvgIpc) is 3.49. The lowest BCUT2D eigenvalue weighted by atomic mass is 9.96. The monoisotopic (exact) mass is 471 g/mol. The molecule has 4 aromatic rings. The Kier molecular flexibility index (Phi) is 6.48. The smallest absolute Gasteiger partial charge is 0.227 e. The molecule has 1 aromatic heterocycles. The summed E-state index contributed by atoms with van der Waals surface area (Å²) in [4.78, 5) is 30.9. The molecule has 0 saturated carbocycles. The number of hydrogen-bond acceptors (Lipinski definition) is 3. The standard InChI is InChI=1S/C28H26ClN3O2/c29-21-10-8-19(9-11-21)14-15-30-27(20-5-2-1-3-6-20)28(34)24-18-31-25-17-22(12-13-23(24)25)32-16-4-7-26(32)33/h1-3,5-6,8-13,17-18,27,30-31H,4,7,14-16H2/t27-/m0/s1. The highest BCUT2D eigenvalue weighted by Gasteiger charge is 2.25. The third-order valence-corrected chi connectivity index (χ3v) is 6.64. The Morgan fingerprint density at radius 3 is 2.59 bits per heavy atom. The van der Waals surface area contributed by atoms with Gasteiger partial charge in [0.2, 0.25) is 5.91 Å². The summed E-state index contributed by atoms with van der Waals surface area (Å²) >= 11 is 5.99. The molecule has 2 heterocycles. The van der Waals surface area contributed by atoms with E-state index in [2.05, 4.69) is 10.3 Å². The van der Waals surface area contributed by atoms with Crippen molar-refractivity contribution in [2.75, 3.05) is 18.0 Å². The van der Waals surface area contributed by atoms with Gasteiger partial charge in [-0.2, -0.15) is 0 Å². The lowest BCUT2D eigenvalue weighted by Gasteiger charge is -2.18. The van der Waals surface area contributed by atoms with Crippen LogP contribution in [0.25, 0.3) is 10.9 Å². The van der Waals surface area contributed by atoms with Gasteiger partial charge >= 0.3 is 0 Å². The molecule has 1 saturated heterocycles. The van der Waals surface area contributed by atoms with Gasteiger partial charge in [0.15, 0.2) is 5.78 Å². The van der Waals surface area contributed by atoms with Crippen molar-refractivity contribution in [3.8, 4) is 0 Å². The fourth-order valence-corrected chi connectivity index (χ4v) is 4.71. The quantitative estimate of drug-likeness (QED) is 0.324. The number of rotatable bonds is 8. The van der Waals surface area contributed by atoms with Crippen LogP contribution >= 0.6 is 11.6 Å². The lowest BCUT2D eigenvalue weighted by Crippen LogP contribution is -2.30. The minimum Gasteiger partial charge on any atom is -0.360 e. The van der Waals surface area contributed by atoms with Crippen molar-refractivity contribution in [2.45, 2.75) is 25.3 Å². The first-order valence-electron chi connectivity index (χ1n) is 11.6. The van der Waals surface area contributed by atoms with E-state index < -0.39 is 6.04 Å². The molecule has 5 nitrogen and oxygen atoms in total. The molecule has 1 aliphatic heterocycles. The van der Waals surface area contributed by atoms with Gasteiger partial charge in [-0.1, -0.05) is 60.1 Å². The zero-order valence-electron chi connectivity index (χ0n) is 18.8. The van der Waals surface area contributed by atoms with Crippen molar-refractivity contribution in [1.82, 2.24) is 10.3 Å². The normalized spacial score (nSPS) is 14.6. The summed E-state index contributed by atoms with van der Waals surface area (Å²) in [5.74, 6) is 0.162. The highest BCUT2D eigenvalue weighted by atomic mass is 35.5. The topological polar surface area (TPSA) is 65.2 Å². The summed E-state index contributed by atoms with van der Waals surface area (Å²) in [5, 5.41) is 5.04. The number of anilines is 1. The number of fused-ring (bicyclic) bond motifs is 1. The van der Waals surface area contributed by atoms with Gasteiger partial charge in [-0.25, -0.2) is 0 Å². The van der Waals surface area contributed by atoms with Crippen molar-refractivity contribution < 1.29 is 9.59 Å². The molecule has 2 N–H and O–H groups in total. The van der Waals surface area contributed by atoms with Gasteiger partial charge in [-0.3, -0.25) is 9.59 Å². The minimum atomic E-state index is -0.465. The van der Waals surface area contributed by atoms with Gasteiger partial charge in [0.25, 0.3) is 0 Å². The molecule has 5 rings (SSSR count). The molecule has 0 bridgehead atoms. The number of benzene rings is 3. The Morgan fingerprint density at radius 1 is 1.06 bits per heavy atom. The molecule has 0 spiro atoms. The van der Waals surface area contributed by atoms with E-state index in [-0.39, 0.29) is 11.7 Å². The summed E-state index contributed by atoms with van der Waals surface area (Å²) in [7, 11) is 0. The number of hydrogen-bond donors (Lipinski definition) is 2. The van der Waals surface area contributed by atoms with Crippen molar-refractivity contribution in [1.29, 1.82) is 0 Å². The lowest BCUT2D eigenvalue weighted by molar-refractivity contribution is -0.117. The predicted octanol–water partition coefficient (Wildman–Crippen LogP) is 5.70. The van der Waals surface area contributed by atoms with E-state index in [1.54, 1.807) is 6.20 Å². The first-order chi connectivity index (χ1) is 16.6. The summed E-state index contributed by atoms with van der Waals surface area (Å²) in [6, 6.07) is 22.9. The molecule has 6 heteroatoms. The molecule has 0 aliphatic carbocycles. The van der Waals surface area contributed by atoms with Crippen LogP contribution in [-0.2, 0) is 11.2 Å². The second-order valence-corrected chi connectivity index (χ2v) is 9.06. The van der Waals surface area contributed by atoms with E-state index in [4.69, 9.17) is 11.6 Å². The van der Waals surface area contributed by atoms with E-state index in [0.29, 0.717) is 23.6 Å². The van der Waals surface area contributed by atoms with E-state index in [1.807, 2.05) is 77.7 Å². The maximum Gasteiger partial charge on any atom is 0.227 e. The fraction of sp³-hybridized carbons (Fsp3) is 0.214. The predicted molar refractivity (Wildman–Crippen MR) is 137 cm³/mol. The minimum absolute atomic E-state index is 0.0126. The first kappa shape index (κ1) is 22.4. The van der Waals surface area contributed by atoms with Crippen LogP contribution in [0.1, 0.15) is 40.4 Å². The van der Waals surface area contributed by atoms with Crippen molar-refractivity contribution in [3.05, 3.63) is 101 Å². The van der Waals surface area contributed by atoms with E-state index >= 15 is 0 Å². The number of aromatic amines is 1. The van der Waals surface area contributed by atoms with Crippen LogP contribution in [0.5, 0.6) is 0 Å². The number of amides is 1. The van der Waals surface area contributed by atoms with Gasteiger partial charge in [0.05, 0.1) is 6.04 Å². The van der Waals surface area contributed by atoms with Gasteiger partial charge in [0, 0.05) is 52.9 Å². The summed E-state index contributed by atoms with van der Waals surface area (Å²) in [5.41, 5.74) is 4.46. The van der Waals surface area contributed by atoms with Gasteiger partial charge < -0.3 is 15.2 Å². The summed E-state index contributed by atoms with van der Waals surface area (Å²) in [6.07, 6.45) is 4.03. The molecule has 1 amide bonds. The Bertz CT molecular complexity index is 1310. The molecule has 3 aromatic carbocycles. The maximum absolute atomic E-state index is 13.7. The van der Waals surface area contributed by atoms with Crippen LogP contribution in [0.3, 0.4) is 0 Å². The van der Waals surface area contributed by atoms with Crippen LogP contribution in [0.15, 0.2) is 79.0 Å². The Morgan fingerprint density at radius 2 is 1.85 bits per heavy atom. The molecule has 1 aliphatic rings. The second kappa shape index (κ2) is 9.84. The van der Waals surface area contributed by atoms with E-state index in [1.165, 1.54) is 0 Å². The van der Waals surface area contributed by atoms with Gasteiger partial charge in [-0.15, -0.1) is 0 Å². The Balaban J connectivity index is 1.39. The largest absolute Gasteiger partial charge is 0.360 e. The molecule has 172 valence electrons. The van der Waals surface area contributed by atoms with Gasteiger partial charge in [-0.05, 0) is 48.2 Å². The number of carbonyl (C=O) groups excluding carboxylic acids is 2. The number of nitrogens with one attached hydrogen (secondary N) is 2.